The van der Waals surface area contributed by atoms with Crippen LogP contribution in [0, 0.1) is 0 Å². The van der Waals surface area contributed by atoms with E-state index >= 15 is 0 Å². The maximum atomic E-state index is 11.9. The van der Waals surface area contributed by atoms with E-state index < -0.39 is 16.1 Å². The predicted molar refractivity (Wildman–Crippen MR) is 123 cm³/mol. The fourth-order valence-corrected chi connectivity index (χ4v) is 4.89. The molecule has 0 fully saturated rings. The number of benzene rings is 3. The van der Waals surface area contributed by atoms with Crippen molar-refractivity contribution in [2.75, 3.05) is 7.11 Å². The fourth-order valence-electron chi connectivity index (χ4n) is 3.99. The van der Waals surface area contributed by atoms with Crippen LogP contribution in [-0.2, 0) is 22.2 Å². The van der Waals surface area contributed by atoms with E-state index in [0.29, 0.717) is 28.5 Å². The average Bonchev–Trinajstić information content (AvgIpc) is 2.72. The third kappa shape index (κ3) is 4.32. The van der Waals surface area contributed by atoms with Crippen molar-refractivity contribution in [1.29, 1.82) is 0 Å². The number of hydrogen-bond donors (Lipinski definition) is 1. The van der Waals surface area contributed by atoms with Gasteiger partial charge in [-0.2, -0.15) is 0 Å². The van der Waals surface area contributed by atoms with Crippen LogP contribution >= 0.6 is 11.6 Å². The van der Waals surface area contributed by atoms with E-state index in [1.54, 1.807) is 19.3 Å². The molecule has 0 radical (unpaired) electrons. The van der Waals surface area contributed by atoms with Crippen LogP contribution in [0.5, 0.6) is 11.5 Å². The van der Waals surface area contributed by atoms with Gasteiger partial charge in [0.25, 0.3) is 0 Å². The first-order chi connectivity index (χ1) is 14.8. The third-order valence-corrected chi connectivity index (χ3v) is 6.20. The molecule has 0 aliphatic carbocycles. The average molecular weight is 456 g/mol. The van der Waals surface area contributed by atoms with Crippen molar-refractivity contribution in [3.8, 4) is 22.6 Å². The number of primary sulfonamides is 1. The van der Waals surface area contributed by atoms with E-state index in [1.807, 2.05) is 48.5 Å². The predicted octanol–water partition coefficient (Wildman–Crippen LogP) is 5.01. The molecule has 1 aliphatic rings. The Morgan fingerprint density at radius 1 is 1.16 bits per heavy atom. The van der Waals surface area contributed by atoms with E-state index in [2.05, 4.69) is 6.58 Å². The van der Waals surface area contributed by atoms with Crippen LogP contribution in [0.1, 0.15) is 28.4 Å². The molecule has 0 spiro atoms. The normalized spacial score (nSPS) is 14.9. The van der Waals surface area contributed by atoms with E-state index in [-0.39, 0.29) is 5.75 Å². The smallest absolute Gasteiger partial charge is 0.213 e. The van der Waals surface area contributed by atoms with Gasteiger partial charge in [0.15, 0.2) is 0 Å². The highest BCUT2D eigenvalue weighted by molar-refractivity contribution is 7.88. The lowest BCUT2D eigenvalue weighted by Crippen LogP contribution is -2.19. The number of ether oxygens (including phenoxy) is 2. The molecule has 4 rings (SSSR count). The zero-order valence-electron chi connectivity index (χ0n) is 17.0. The monoisotopic (exact) mass is 455 g/mol. The molecule has 1 atom stereocenters. The lowest BCUT2D eigenvalue weighted by molar-refractivity contribution is 0.242. The molecular formula is C24H22ClNO4S. The molecule has 7 heteroatoms. The first-order valence-corrected chi connectivity index (χ1v) is 11.8. The van der Waals surface area contributed by atoms with Crippen molar-refractivity contribution < 1.29 is 17.9 Å². The van der Waals surface area contributed by atoms with E-state index in [9.17, 15) is 8.42 Å². The lowest BCUT2D eigenvalue weighted by Gasteiger charge is -2.31. The zero-order valence-corrected chi connectivity index (χ0v) is 18.5. The van der Waals surface area contributed by atoms with Gasteiger partial charge in [0.05, 0.1) is 18.4 Å². The van der Waals surface area contributed by atoms with Gasteiger partial charge in [-0.05, 0) is 65.1 Å². The summed E-state index contributed by atoms with van der Waals surface area (Å²) in [5.41, 5.74) is 4.89. The molecule has 0 saturated carbocycles. The maximum absolute atomic E-state index is 11.9. The topological polar surface area (TPSA) is 78.6 Å². The molecular weight excluding hydrogens is 434 g/mol. The number of rotatable bonds is 6. The number of nitrogens with two attached hydrogens (primary N) is 1. The Hall–Kier alpha value is -2.80. The number of hydrogen-bond acceptors (Lipinski definition) is 4. The Labute approximate surface area is 187 Å². The van der Waals surface area contributed by atoms with Crippen LogP contribution in [0.15, 0.2) is 67.3 Å². The lowest BCUT2D eigenvalue weighted by atomic mass is 9.85. The number of methoxy groups -OCH3 is 1. The van der Waals surface area contributed by atoms with Crippen LogP contribution in [0.4, 0.5) is 0 Å². The Balaban J connectivity index is 2.01. The van der Waals surface area contributed by atoms with Crippen molar-refractivity contribution in [2.45, 2.75) is 18.3 Å². The molecule has 1 unspecified atom stereocenters. The summed E-state index contributed by atoms with van der Waals surface area (Å²) in [6.45, 7) is 3.81. The molecule has 160 valence electrons. The summed E-state index contributed by atoms with van der Waals surface area (Å²) in [7, 11) is -2.12. The summed E-state index contributed by atoms with van der Waals surface area (Å²) in [6, 6.07) is 16.9. The summed E-state index contributed by atoms with van der Waals surface area (Å²) in [6.07, 6.45) is 1.78. The van der Waals surface area contributed by atoms with Gasteiger partial charge in [-0.1, -0.05) is 35.9 Å². The molecule has 0 aromatic heterocycles. The summed E-state index contributed by atoms with van der Waals surface area (Å²) < 4.78 is 35.8. The first kappa shape index (κ1) is 21.4. The molecule has 3 aromatic rings. The molecule has 2 N–H and O–H groups in total. The molecule has 31 heavy (non-hydrogen) atoms. The van der Waals surface area contributed by atoms with Crippen molar-refractivity contribution in [1.82, 2.24) is 0 Å². The number of fused-ring (bicyclic) bond motifs is 3. The molecule has 1 heterocycles. The second-order valence-corrected chi connectivity index (χ2v) is 9.45. The summed E-state index contributed by atoms with van der Waals surface area (Å²) in [5, 5.41) is 5.96. The van der Waals surface area contributed by atoms with Crippen molar-refractivity contribution >= 4 is 21.6 Å². The van der Waals surface area contributed by atoms with Crippen molar-refractivity contribution in [3.05, 3.63) is 94.5 Å². The summed E-state index contributed by atoms with van der Waals surface area (Å²) in [4.78, 5) is 0. The number of sulfonamides is 1. The molecule has 0 bridgehead atoms. The van der Waals surface area contributed by atoms with Gasteiger partial charge in [0.2, 0.25) is 10.0 Å². The van der Waals surface area contributed by atoms with Gasteiger partial charge in [0, 0.05) is 10.6 Å². The third-order valence-electron chi connectivity index (χ3n) is 5.25. The van der Waals surface area contributed by atoms with Gasteiger partial charge < -0.3 is 9.47 Å². The summed E-state index contributed by atoms with van der Waals surface area (Å²) in [5.74, 6) is 1.08. The SMILES string of the molecule is C=CCc1cc2c(cc1CS(N)(=O)=O)C(c1cccc(Cl)c1)Oc1cccc(OC)c1-2. The second kappa shape index (κ2) is 8.38. The molecule has 1 aliphatic heterocycles. The number of allylic oxidation sites excluding steroid dienone is 1. The molecule has 0 amide bonds. The minimum Gasteiger partial charge on any atom is -0.496 e. The minimum absolute atomic E-state index is 0.273. The van der Waals surface area contributed by atoms with Crippen LogP contribution in [0.25, 0.3) is 11.1 Å². The van der Waals surface area contributed by atoms with Gasteiger partial charge in [-0.15, -0.1) is 6.58 Å². The van der Waals surface area contributed by atoms with Crippen LogP contribution in [0.3, 0.4) is 0 Å². The minimum atomic E-state index is -3.73. The Morgan fingerprint density at radius 2 is 1.94 bits per heavy atom. The van der Waals surface area contributed by atoms with Crippen molar-refractivity contribution in [2.24, 2.45) is 5.14 Å². The van der Waals surface area contributed by atoms with Gasteiger partial charge in [-0.3, -0.25) is 0 Å². The van der Waals surface area contributed by atoms with E-state index in [4.69, 9.17) is 26.2 Å². The highest BCUT2D eigenvalue weighted by Gasteiger charge is 2.31. The van der Waals surface area contributed by atoms with Gasteiger partial charge in [-0.25, -0.2) is 13.6 Å². The highest BCUT2D eigenvalue weighted by Crippen LogP contribution is 2.49. The van der Waals surface area contributed by atoms with Gasteiger partial charge >= 0.3 is 0 Å². The highest BCUT2D eigenvalue weighted by atomic mass is 35.5. The Morgan fingerprint density at radius 3 is 2.61 bits per heavy atom. The quantitative estimate of drug-likeness (QED) is 0.529. The van der Waals surface area contributed by atoms with Crippen molar-refractivity contribution in [3.63, 3.8) is 0 Å². The molecule has 0 saturated heterocycles. The number of halogens is 1. The Kier molecular flexibility index (Phi) is 5.79. The van der Waals surface area contributed by atoms with Crippen LogP contribution in [0.2, 0.25) is 5.02 Å². The second-order valence-electron chi connectivity index (χ2n) is 7.39. The summed E-state index contributed by atoms with van der Waals surface area (Å²) >= 11 is 6.24. The zero-order chi connectivity index (χ0) is 22.2. The maximum Gasteiger partial charge on any atom is 0.213 e. The fraction of sp³-hybridized carbons (Fsp3) is 0.167. The molecule has 3 aromatic carbocycles. The van der Waals surface area contributed by atoms with E-state index in [1.165, 1.54) is 0 Å². The first-order valence-electron chi connectivity index (χ1n) is 9.67. The standard InChI is InChI=1S/C24H22ClNO4S/c1-3-6-15-12-19-20(13-17(15)14-31(26,27)28)24(16-7-4-8-18(25)11-16)30-22-10-5-9-21(29-2)23(19)22/h3-5,7-13,24H,1,6,14H2,2H3,(H2,26,27,28). The van der Waals surface area contributed by atoms with E-state index in [0.717, 1.165) is 27.8 Å². The molecule has 5 nitrogen and oxygen atoms in total. The van der Waals surface area contributed by atoms with Crippen LogP contribution < -0.4 is 14.6 Å². The largest absolute Gasteiger partial charge is 0.496 e. The van der Waals surface area contributed by atoms with Gasteiger partial charge in [0.1, 0.15) is 17.6 Å². The van der Waals surface area contributed by atoms with Crippen LogP contribution in [-0.4, -0.2) is 15.5 Å². The Bertz CT molecular complexity index is 1270.